The molecule has 2 aliphatic heterocycles. The number of rotatable bonds is 7. The van der Waals surface area contributed by atoms with Gasteiger partial charge in [0.15, 0.2) is 24.8 Å². The molecule has 2 rings (SSSR count). The lowest BCUT2D eigenvalue weighted by Crippen LogP contribution is -2.68. The lowest BCUT2D eigenvalue weighted by molar-refractivity contribution is -0.373. The number of aliphatic hydroxyl groups is 5. The summed E-state index contributed by atoms with van der Waals surface area (Å²) < 4.78 is 18.7. The average molecular weight is 428 g/mol. The van der Waals surface area contributed by atoms with E-state index in [1.807, 2.05) is 0 Å². The van der Waals surface area contributed by atoms with Crippen molar-refractivity contribution in [1.82, 2.24) is 5.32 Å². The molecule has 2 heterocycles. The Balaban J connectivity index is 2.28. The molecule has 1 amide bonds. The van der Waals surface area contributed by atoms with Crippen molar-refractivity contribution in [2.75, 3.05) is 27.4 Å². The number of carbonyl (C=O) groups excluding carboxylic acids is 1. The SMILES string of the molecule is CC(=O)N[C@@H]1[C@@H](O[C@@H]2O[C@H](COO)[C@H](O)[C@H]([O+](C)C)[C@H]2O)[C@@H](O)[C@@H](CO)O[C@H]1O. The summed E-state index contributed by atoms with van der Waals surface area (Å²) in [4.78, 5) is 15.6. The molecule has 13 heteroatoms. The van der Waals surface area contributed by atoms with E-state index in [4.69, 9.17) is 19.5 Å². The predicted octanol–water partition coefficient (Wildman–Crippen LogP) is -3.94. The number of aliphatic hydroxyl groups excluding tert-OH is 5. The van der Waals surface area contributed by atoms with Gasteiger partial charge in [-0.05, 0) is 0 Å². The van der Waals surface area contributed by atoms with Gasteiger partial charge < -0.3 is 49.4 Å². The third-order valence-electron chi connectivity index (χ3n) is 4.96. The minimum Gasteiger partial charge on any atom is -0.420 e. The zero-order chi connectivity index (χ0) is 21.9. The molecule has 2 aliphatic rings. The molecule has 0 aromatic rings. The minimum atomic E-state index is -1.62. The van der Waals surface area contributed by atoms with Gasteiger partial charge in [-0.2, -0.15) is 0 Å². The summed E-state index contributed by atoms with van der Waals surface area (Å²) in [6, 6.07) is -1.24. The van der Waals surface area contributed by atoms with Crippen LogP contribution in [0.1, 0.15) is 6.92 Å². The zero-order valence-corrected chi connectivity index (χ0v) is 16.3. The predicted molar refractivity (Wildman–Crippen MR) is 92.4 cm³/mol. The Kier molecular flexibility index (Phi) is 8.69. The summed E-state index contributed by atoms with van der Waals surface area (Å²) in [5.74, 6) is -0.547. The fourth-order valence-corrected chi connectivity index (χ4v) is 3.57. The summed E-state index contributed by atoms with van der Waals surface area (Å²) in [6.45, 7) is 0.102. The second-order valence-electron chi connectivity index (χ2n) is 7.23. The van der Waals surface area contributed by atoms with Crippen LogP contribution in [0.2, 0.25) is 0 Å². The molecule has 0 radical (unpaired) electrons. The summed E-state index contributed by atoms with van der Waals surface area (Å²) in [5.41, 5.74) is 0. The van der Waals surface area contributed by atoms with Crippen molar-refractivity contribution < 1.29 is 59.0 Å². The first-order valence-electron chi connectivity index (χ1n) is 9.01. The standard InChI is InChI=1S/C16H29NO12/c1-6(19)17-9-13(10(20)7(4-18)26-15(9)23)28-16-12(22)14(29(2)3)11(21)8(27-16)5-25-24/h7-16,18,20-23H,4-5H2,1-3H3,(H-,17,19,24)/p+1/t7-,8-,9-,10+,11+,12-,13-,14+,15-,16+/m1/s1. The Morgan fingerprint density at radius 3 is 2.24 bits per heavy atom. The molecule has 0 unspecified atom stereocenters. The van der Waals surface area contributed by atoms with E-state index in [-0.39, 0.29) is 0 Å². The summed E-state index contributed by atoms with van der Waals surface area (Å²) >= 11 is 0. The van der Waals surface area contributed by atoms with E-state index >= 15 is 0 Å². The molecule has 0 aromatic heterocycles. The molecule has 2 fully saturated rings. The molecule has 0 aromatic carbocycles. The van der Waals surface area contributed by atoms with Crippen LogP contribution in [0.15, 0.2) is 0 Å². The fraction of sp³-hybridized carbons (Fsp3) is 0.938. The molecule has 2 saturated heterocycles. The van der Waals surface area contributed by atoms with Crippen molar-refractivity contribution in [2.45, 2.75) is 68.3 Å². The van der Waals surface area contributed by atoms with E-state index in [9.17, 15) is 30.3 Å². The maximum Gasteiger partial charge on any atom is 0.217 e. The number of amides is 1. The van der Waals surface area contributed by atoms with Crippen molar-refractivity contribution in [3.63, 3.8) is 0 Å². The monoisotopic (exact) mass is 428 g/mol. The summed E-state index contributed by atoms with van der Waals surface area (Å²) in [6.07, 6.45) is -11.9. The van der Waals surface area contributed by atoms with Gasteiger partial charge in [0.2, 0.25) is 12.0 Å². The van der Waals surface area contributed by atoms with Gasteiger partial charge in [0.05, 0.1) is 6.61 Å². The summed E-state index contributed by atoms with van der Waals surface area (Å²) in [5, 5.41) is 62.2. The maximum absolute atomic E-state index is 11.5. The van der Waals surface area contributed by atoms with Gasteiger partial charge in [0.1, 0.15) is 51.3 Å². The molecule has 7 N–H and O–H groups in total. The van der Waals surface area contributed by atoms with Gasteiger partial charge >= 0.3 is 0 Å². The average Bonchev–Trinajstić information content (AvgIpc) is 2.64. The van der Waals surface area contributed by atoms with E-state index in [0.29, 0.717) is 0 Å². The topological polar surface area (TPSA) is 190 Å². The van der Waals surface area contributed by atoms with Crippen LogP contribution in [-0.4, -0.2) is 125 Å². The number of hydrogen-bond donors (Lipinski definition) is 7. The van der Waals surface area contributed by atoms with Gasteiger partial charge in [-0.1, -0.05) is 0 Å². The van der Waals surface area contributed by atoms with Gasteiger partial charge in [-0.25, -0.2) is 4.89 Å². The minimum absolute atomic E-state index is 0.438. The molecule has 0 bridgehead atoms. The number of carbonyl (C=O) groups is 1. The third-order valence-corrected chi connectivity index (χ3v) is 4.96. The molecule has 10 atom stereocenters. The Morgan fingerprint density at radius 2 is 1.72 bits per heavy atom. The van der Waals surface area contributed by atoms with E-state index < -0.39 is 80.5 Å². The smallest absolute Gasteiger partial charge is 0.217 e. The van der Waals surface area contributed by atoms with Crippen LogP contribution in [-0.2, 0) is 28.3 Å². The number of nitrogens with one attached hydrogen (secondary N) is 1. The van der Waals surface area contributed by atoms with Crippen LogP contribution < -0.4 is 5.32 Å². The largest absolute Gasteiger partial charge is 0.420 e. The highest BCUT2D eigenvalue weighted by Gasteiger charge is 2.54. The maximum atomic E-state index is 11.5. The van der Waals surface area contributed by atoms with E-state index in [0.717, 1.165) is 0 Å². The molecular formula is C16H30NO12+. The Hall–Kier alpha value is -0.970. The van der Waals surface area contributed by atoms with Crippen LogP contribution in [0.3, 0.4) is 0 Å². The lowest BCUT2D eigenvalue weighted by Gasteiger charge is -2.47. The van der Waals surface area contributed by atoms with Crippen molar-refractivity contribution >= 4 is 5.91 Å². The first kappa shape index (κ1) is 24.3. The third kappa shape index (κ3) is 5.39. The lowest BCUT2D eigenvalue weighted by atomic mass is 9.95. The van der Waals surface area contributed by atoms with Crippen molar-refractivity contribution in [3.8, 4) is 0 Å². The highest BCUT2D eigenvalue weighted by Crippen LogP contribution is 2.30. The van der Waals surface area contributed by atoms with Gasteiger partial charge in [-0.15, -0.1) is 0 Å². The van der Waals surface area contributed by atoms with E-state index in [1.54, 1.807) is 0 Å². The quantitative estimate of drug-likeness (QED) is 0.119. The van der Waals surface area contributed by atoms with Gasteiger partial charge in [0, 0.05) is 6.92 Å². The van der Waals surface area contributed by atoms with Gasteiger partial charge in [0.25, 0.3) is 0 Å². The van der Waals surface area contributed by atoms with Crippen molar-refractivity contribution in [3.05, 3.63) is 0 Å². The highest BCUT2D eigenvalue weighted by atomic mass is 17.1. The van der Waals surface area contributed by atoms with Crippen molar-refractivity contribution in [2.24, 2.45) is 0 Å². The van der Waals surface area contributed by atoms with Gasteiger partial charge in [-0.3, -0.25) is 10.1 Å². The molecule has 0 spiro atoms. The Labute approximate surface area is 166 Å². The molecule has 0 aliphatic carbocycles. The van der Waals surface area contributed by atoms with E-state index in [2.05, 4.69) is 14.6 Å². The zero-order valence-electron chi connectivity index (χ0n) is 16.3. The number of hydrogen-bond acceptors (Lipinski definition) is 11. The normalized spacial score (nSPS) is 43.4. The molecule has 0 saturated carbocycles. The second-order valence-corrected chi connectivity index (χ2v) is 7.23. The first-order chi connectivity index (χ1) is 13.6. The fourth-order valence-electron chi connectivity index (χ4n) is 3.57. The second kappa shape index (κ2) is 10.4. The first-order valence-corrected chi connectivity index (χ1v) is 9.01. The highest BCUT2D eigenvalue weighted by molar-refractivity contribution is 5.73. The molecule has 170 valence electrons. The van der Waals surface area contributed by atoms with Crippen LogP contribution in [0.4, 0.5) is 0 Å². The molecule has 29 heavy (non-hydrogen) atoms. The number of ether oxygens (including phenoxy) is 3. The molecule has 13 nitrogen and oxygen atoms in total. The van der Waals surface area contributed by atoms with Crippen LogP contribution in [0.25, 0.3) is 0 Å². The summed E-state index contributed by atoms with van der Waals surface area (Å²) in [7, 11) is 3.04. The van der Waals surface area contributed by atoms with Crippen LogP contribution in [0, 0.1) is 0 Å². The molecular weight excluding hydrogens is 398 g/mol. The van der Waals surface area contributed by atoms with Crippen LogP contribution in [0.5, 0.6) is 0 Å². The van der Waals surface area contributed by atoms with Crippen LogP contribution >= 0.6 is 0 Å². The Morgan fingerprint density at radius 1 is 1.07 bits per heavy atom. The Bertz CT molecular complexity index is 536. The van der Waals surface area contributed by atoms with E-state index in [1.165, 1.54) is 21.1 Å². The van der Waals surface area contributed by atoms with Crippen molar-refractivity contribution in [1.29, 1.82) is 0 Å².